The van der Waals surface area contributed by atoms with Gasteiger partial charge in [-0.15, -0.1) is 0 Å². The Bertz CT molecular complexity index is 402. The average Bonchev–Trinajstić information content (AvgIpc) is 2.48. The number of aliphatic hydroxyl groups is 2. The first-order valence-corrected chi connectivity index (χ1v) is 6.57. The van der Waals surface area contributed by atoms with E-state index in [1.165, 1.54) is 0 Å². The largest absolute Gasteiger partial charge is 0.395 e. The van der Waals surface area contributed by atoms with Gasteiger partial charge in [0.05, 0.1) is 6.61 Å². The molecule has 1 unspecified atom stereocenters. The third-order valence-electron chi connectivity index (χ3n) is 3.45. The maximum atomic E-state index is 12.2. The minimum atomic E-state index is -1.08. The Balaban J connectivity index is 1.91. The summed E-state index contributed by atoms with van der Waals surface area (Å²) in [7, 11) is 0. The van der Waals surface area contributed by atoms with Gasteiger partial charge in [0.1, 0.15) is 0 Å². The Labute approximate surface area is 113 Å². The lowest BCUT2D eigenvalue weighted by Gasteiger charge is -2.35. The highest BCUT2D eigenvalue weighted by molar-refractivity contribution is 5.82. The van der Waals surface area contributed by atoms with E-state index in [0.29, 0.717) is 25.2 Å². The number of aliphatic hydroxyl groups excluding tert-OH is 2. The van der Waals surface area contributed by atoms with Crippen molar-refractivity contribution in [3.63, 3.8) is 0 Å². The third-order valence-corrected chi connectivity index (χ3v) is 3.45. The van der Waals surface area contributed by atoms with Crippen LogP contribution in [0.5, 0.6) is 0 Å². The van der Waals surface area contributed by atoms with Crippen molar-refractivity contribution >= 4 is 5.91 Å². The molecule has 1 fully saturated rings. The van der Waals surface area contributed by atoms with Crippen LogP contribution >= 0.6 is 0 Å². The maximum Gasteiger partial charge on any atom is 0.256 e. The summed E-state index contributed by atoms with van der Waals surface area (Å²) in [5, 5.41) is 18.9. The molecular weight excluding hydrogens is 244 g/mol. The van der Waals surface area contributed by atoms with E-state index in [4.69, 9.17) is 5.11 Å². The number of nitrogens with zero attached hydrogens (tertiary/aromatic N) is 2. The fraction of sp³-hybridized carbons (Fsp3) is 0.500. The van der Waals surface area contributed by atoms with Crippen LogP contribution in [0.25, 0.3) is 0 Å². The van der Waals surface area contributed by atoms with Gasteiger partial charge in [-0.1, -0.05) is 30.3 Å². The van der Waals surface area contributed by atoms with Crippen molar-refractivity contribution < 1.29 is 15.0 Å². The van der Waals surface area contributed by atoms with Crippen LogP contribution in [0.3, 0.4) is 0 Å². The summed E-state index contributed by atoms with van der Waals surface area (Å²) >= 11 is 0. The van der Waals surface area contributed by atoms with Crippen molar-refractivity contribution in [2.24, 2.45) is 0 Å². The smallest absolute Gasteiger partial charge is 0.256 e. The zero-order valence-electron chi connectivity index (χ0n) is 10.9. The molecule has 19 heavy (non-hydrogen) atoms. The summed E-state index contributed by atoms with van der Waals surface area (Å²) in [6.45, 7) is 3.47. The molecule has 0 radical (unpaired) electrons. The normalized spacial score (nSPS) is 18.3. The predicted molar refractivity (Wildman–Crippen MR) is 71.5 cm³/mol. The molecule has 2 rings (SSSR count). The number of carbonyl (C=O) groups is 1. The minimum absolute atomic E-state index is 0.139. The van der Waals surface area contributed by atoms with Gasteiger partial charge in [-0.3, -0.25) is 9.69 Å². The number of hydrogen-bond donors (Lipinski definition) is 2. The lowest BCUT2D eigenvalue weighted by molar-refractivity contribution is -0.142. The number of piperazine rings is 1. The van der Waals surface area contributed by atoms with Crippen molar-refractivity contribution in [2.45, 2.75) is 6.10 Å². The van der Waals surface area contributed by atoms with Crippen LogP contribution < -0.4 is 0 Å². The van der Waals surface area contributed by atoms with Gasteiger partial charge in [0.15, 0.2) is 6.10 Å². The summed E-state index contributed by atoms with van der Waals surface area (Å²) in [6.07, 6.45) is -1.08. The maximum absolute atomic E-state index is 12.2. The van der Waals surface area contributed by atoms with Gasteiger partial charge in [0.25, 0.3) is 5.91 Å². The van der Waals surface area contributed by atoms with E-state index in [9.17, 15) is 9.90 Å². The lowest BCUT2D eigenvalue weighted by atomic mass is 10.1. The Morgan fingerprint density at radius 2 is 1.79 bits per heavy atom. The van der Waals surface area contributed by atoms with Gasteiger partial charge in [0, 0.05) is 32.7 Å². The van der Waals surface area contributed by atoms with Crippen LogP contribution in [0.2, 0.25) is 0 Å². The molecule has 0 aromatic heterocycles. The molecule has 1 amide bonds. The van der Waals surface area contributed by atoms with E-state index in [-0.39, 0.29) is 12.5 Å². The van der Waals surface area contributed by atoms with E-state index in [0.717, 1.165) is 13.1 Å². The highest BCUT2D eigenvalue weighted by Crippen LogP contribution is 2.16. The van der Waals surface area contributed by atoms with Gasteiger partial charge in [-0.05, 0) is 5.56 Å². The standard InChI is InChI=1S/C14H20N2O3/c17-11-10-15-6-8-16(9-7-15)14(19)13(18)12-4-2-1-3-5-12/h1-5,13,17-18H,6-11H2. The van der Waals surface area contributed by atoms with Crippen LogP contribution in [-0.2, 0) is 4.79 Å². The molecule has 1 aliphatic rings. The third kappa shape index (κ3) is 3.53. The monoisotopic (exact) mass is 264 g/mol. The number of benzene rings is 1. The molecule has 1 aromatic carbocycles. The van der Waals surface area contributed by atoms with Gasteiger partial charge < -0.3 is 15.1 Å². The number of β-amino-alcohol motifs (C(OH)–C–C–N with tert-alkyl or cyclic N) is 1. The van der Waals surface area contributed by atoms with Crippen molar-refractivity contribution in [1.29, 1.82) is 0 Å². The molecule has 0 spiro atoms. The highest BCUT2D eigenvalue weighted by Gasteiger charge is 2.26. The van der Waals surface area contributed by atoms with Gasteiger partial charge in [-0.2, -0.15) is 0 Å². The number of rotatable bonds is 4. The lowest BCUT2D eigenvalue weighted by Crippen LogP contribution is -2.50. The summed E-state index contributed by atoms with van der Waals surface area (Å²) in [4.78, 5) is 16.0. The Kier molecular flexibility index (Phi) is 4.90. The summed E-state index contributed by atoms with van der Waals surface area (Å²) < 4.78 is 0. The van der Waals surface area contributed by atoms with Crippen molar-refractivity contribution in [3.8, 4) is 0 Å². The van der Waals surface area contributed by atoms with Crippen LogP contribution in [0.15, 0.2) is 30.3 Å². The van der Waals surface area contributed by atoms with Crippen molar-refractivity contribution in [1.82, 2.24) is 9.80 Å². The van der Waals surface area contributed by atoms with Gasteiger partial charge in [0.2, 0.25) is 0 Å². The second-order valence-electron chi connectivity index (χ2n) is 4.70. The molecule has 1 saturated heterocycles. The summed E-state index contributed by atoms with van der Waals surface area (Å²) in [5.41, 5.74) is 0.630. The molecular formula is C14H20N2O3. The molecule has 1 aliphatic heterocycles. The Morgan fingerprint density at radius 3 is 2.37 bits per heavy atom. The summed E-state index contributed by atoms with van der Waals surface area (Å²) in [5.74, 6) is -0.241. The zero-order valence-corrected chi connectivity index (χ0v) is 10.9. The summed E-state index contributed by atoms with van der Waals surface area (Å²) in [6, 6.07) is 8.99. The molecule has 0 bridgehead atoms. The van der Waals surface area contributed by atoms with E-state index in [2.05, 4.69) is 4.90 Å². The van der Waals surface area contributed by atoms with Gasteiger partial charge >= 0.3 is 0 Å². The zero-order chi connectivity index (χ0) is 13.7. The second kappa shape index (κ2) is 6.65. The Morgan fingerprint density at radius 1 is 1.16 bits per heavy atom. The second-order valence-corrected chi connectivity index (χ2v) is 4.70. The number of carbonyl (C=O) groups excluding carboxylic acids is 1. The first kappa shape index (κ1) is 14.0. The van der Waals surface area contributed by atoms with E-state index in [1.807, 2.05) is 18.2 Å². The van der Waals surface area contributed by atoms with Crippen molar-refractivity contribution in [3.05, 3.63) is 35.9 Å². The molecule has 1 heterocycles. The molecule has 104 valence electrons. The predicted octanol–water partition coefficient (Wildman–Crippen LogP) is -0.143. The molecule has 0 saturated carbocycles. The van der Waals surface area contributed by atoms with Crippen LogP contribution in [0, 0.1) is 0 Å². The van der Waals surface area contributed by atoms with Crippen LogP contribution in [0.4, 0.5) is 0 Å². The quantitative estimate of drug-likeness (QED) is 0.794. The molecule has 2 N–H and O–H groups in total. The SMILES string of the molecule is O=C(C(O)c1ccccc1)N1CCN(CCO)CC1. The van der Waals surface area contributed by atoms with E-state index in [1.54, 1.807) is 17.0 Å². The fourth-order valence-corrected chi connectivity index (χ4v) is 2.28. The van der Waals surface area contributed by atoms with Crippen LogP contribution in [-0.4, -0.2) is 65.3 Å². The topological polar surface area (TPSA) is 64.0 Å². The molecule has 5 heteroatoms. The highest BCUT2D eigenvalue weighted by atomic mass is 16.3. The van der Waals surface area contributed by atoms with E-state index < -0.39 is 6.10 Å². The van der Waals surface area contributed by atoms with Crippen LogP contribution in [0.1, 0.15) is 11.7 Å². The molecule has 1 atom stereocenters. The minimum Gasteiger partial charge on any atom is -0.395 e. The first-order chi connectivity index (χ1) is 9.22. The molecule has 5 nitrogen and oxygen atoms in total. The number of hydrogen-bond acceptors (Lipinski definition) is 4. The number of amides is 1. The Hall–Kier alpha value is -1.43. The average molecular weight is 264 g/mol. The fourth-order valence-electron chi connectivity index (χ4n) is 2.28. The molecule has 0 aliphatic carbocycles. The molecule has 1 aromatic rings. The van der Waals surface area contributed by atoms with Gasteiger partial charge in [-0.25, -0.2) is 0 Å². The first-order valence-electron chi connectivity index (χ1n) is 6.57. The van der Waals surface area contributed by atoms with Crippen molar-refractivity contribution in [2.75, 3.05) is 39.3 Å². The van der Waals surface area contributed by atoms with E-state index >= 15 is 0 Å².